The first-order valence-electron chi connectivity index (χ1n) is 10.2. The summed E-state index contributed by atoms with van der Waals surface area (Å²) in [6.45, 7) is 2.19. The number of nitrogens with one attached hydrogen (secondary N) is 1. The number of aromatic nitrogens is 2. The first kappa shape index (κ1) is 20.7. The topological polar surface area (TPSA) is 93.4 Å². The van der Waals surface area contributed by atoms with Crippen LogP contribution in [0.15, 0.2) is 36.5 Å². The van der Waals surface area contributed by atoms with Crippen LogP contribution in [0.3, 0.4) is 0 Å². The van der Waals surface area contributed by atoms with Crippen LogP contribution in [0.1, 0.15) is 38.8 Å². The lowest BCUT2D eigenvalue weighted by molar-refractivity contribution is -0.137. The summed E-state index contributed by atoms with van der Waals surface area (Å²) in [7, 11) is 0. The minimum absolute atomic E-state index is 0.247. The summed E-state index contributed by atoms with van der Waals surface area (Å²) in [5, 5.41) is 3.98. The average Bonchev–Trinajstić information content (AvgIpc) is 3.29. The summed E-state index contributed by atoms with van der Waals surface area (Å²) in [5.74, 6) is 0.109. The molecule has 0 spiro atoms. The van der Waals surface area contributed by atoms with Gasteiger partial charge in [0.1, 0.15) is 11.5 Å². The first-order chi connectivity index (χ1) is 15.3. The van der Waals surface area contributed by atoms with Gasteiger partial charge in [0.25, 0.3) is 5.91 Å². The van der Waals surface area contributed by atoms with Gasteiger partial charge >= 0.3 is 6.18 Å². The molecular formula is C22H20F3N5O2. The Kier molecular flexibility index (Phi) is 4.98. The van der Waals surface area contributed by atoms with Crippen LogP contribution < -0.4 is 11.1 Å². The number of rotatable bonds is 2. The standard InChI is InChI=1S/C22H20F3N5O2/c23-22(24,25)13-3-1-12(2-4-13)19-9-27-5-6-30(19)21(31)17-7-14-15-10-32-11-16(15)20(26)29-18(14)8-28-17/h1-4,7-8,19,27H,5-6,9-11H2,(H2,26,29)/t19-/m0/s1. The number of piperazine rings is 1. The van der Waals surface area contributed by atoms with E-state index in [9.17, 15) is 18.0 Å². The number of anilines is 1. The van der Waals surface area contributed by atoms with Crippen molar-refractivity contribution in [1.82, 2.24) is 20.2 Å². The van der Waals surface area contributed by atoms with Gasteiger partial charge in [-0.25, -0.2) is 9.97 Å². The highest BCUT2D eigenvalue weighted by atomic mass is 19.4. The van der Waals surface area contributed by atoms with Gasteiger partial charge in [0.15, 0.2) is 0 Å². The third-order valence-corrected chi connectivity index (χ3v) is 5.96. The Balaban J connectivity index is 1.48. The second kappa shape index (κ2) is 7.72. The van der Waals surface area contributed by atoms with E-state index in [0.29, 0.717) is 49.7 Å². The number of benzene rings is 1. The fraction of sp³-hybridized carbons (Fsp3) is 0.318. The maximum atomic E-state index is 13.4. The Morgan fingerprint density at radius 3 is 2.69 bits per heavy atom. The van der Waals surface area contributed by atoms with Gasteiger partial charge in [-0.05, 0) is 29.3 Å². The summed E-state index contributed by atoms with van der Waals surface area (Å²) in [6, 6.07) is 6.22. The average molecular weight is 443 g/mol. The van der Waals surface area contributed by atoms with Crippen molar-refractivity contribution in [3.05, 3.63) is 64.5 Å². The van der Waals surface area contributed by atoms with Gasteiger partial charge in [-0.15, -0.1) is 0 Å². The first-order valence-corrected chi connectivity index (χ1v) is 10.2. The fourth-order valence-corrected chi connectivity index (χ4v) is 4.28. The van der Waals surface area contributed by atoms with Gasteiger partial charge in [-0.3, -0.25) is 4.79 Å². The zero-order chi connectivity index (χ0) is 22.5. The predicted molar refractivity (Wildman–Crippen MR) is 111 cm³/mol. The van der Waals surface area contributed by atoms with Crippen molar-refractivity contribution in [2.75, 3.05) is 25.4 Å². The van der Waals surface area contributed by atoms with Gasteiger partial charge in [0.2, 0.25) is 0 Å². The third kappa shape index (κ3) is 3.55. The van der Waals surface area contributed by atoms with Crippen LogP contribution in [0.5, 0.6) is 0 Å². The maximum absolute atomic E-state index is 13.4. The van der Waals surface area contributed by atoms with Gasteiger partial charge in [0.05, 0.1) is 36.5 Å². The van der Waals surface area contributed by atoms with Crippen molar-refractivity contribution >= 4 is 22.6 Å². The normalized spacial score (nSPS) is 18.7. The third-order valence-electron chi connectivity index (χ3n) is 5.96. The SMILES string of the molecule is Nc1nc2cnc(C(=O)N3CCNC[C@H]3c3ccc(C(F)(F)F)cc3)cc2c2c1COC2. The Morgan fingerprint density at radius 1 is 1.19 bits per heavy atom. The number of pyridine rings is 2. The summed E-state index contributed by atoms with van der Waals surface area (Å²) >= 11 is 0. The molecule has 2 aliphatic heterocycles. The molecule has 3 N–H and O–H groups in total. The summed E-state index contributed by atoms with van der Waals surface area (Å²) < 4.78 is 44.3. The lowest BCUT2D eigenvalue weighted by Crippen LogP contribution is -2.48. The Bertz CT molecular complexity index is 1200. The zero-order valence-electron chi connectivity index (χ0n) is 16.9. The van der Waals surface area contributed by atoms with E-state index in [4.69, 9.17) is 10.5 Å². The molecule has 1 fully saturated rings. The number of alkyl halides is 3. The van der Waals surface area contributed by atoms with Crippen LogP contribution in [0, 0.1) is 0 Å². The Morgan fingerprint density at radius 2 is 1.94 bits per heavy atom. The largest absolute Gasteiger partial charge is 0.416 e. The van der Waals surface area contributed by atoms with Gasteiger partial charge < -0.3 is 20.7 Å². The second-order valence-electron chi connectivity index (χ2n) is 7.87. The van der Waals surface area contributed by atoms with Crippen molar-refractivity contribution < 1.29 is 22.7 Å². The van der Waals surface area contributed by atoms with Crippen molar-refractivity contribution in [2.45, 2.75) is 25.4 Å². The number of hydrogen-bond donors (Lipinski definition) is 2. The predicted octanol–water partition coefficient (Wildman–Crippen LogP) is 3.05. The summed E-state index contributed by atoms with van der Waals surface area (Å²) in [5.41, 5.74) is 8.47. The molecule has 0 radical (unpaired) electrons. The van der Waals surface area contributed by atoms with Crippen molar-refractivity contribution in [2.24, 2.45) is 0 Å². The van der Waals surface area contributed by atoms with Crippen molar-refractivity contribution in [1.29, 1.82) is 0 Å². The van der Waals surface area contributed by atoms with Crippen LogP contribution in [0.2, 0.25) is 0 Å². The molecule has 166 valence electrons. The van der Waals surface area contributed by atoms with E-state index in [-0.39, 0.29) is 11.6 Å². The summed E-state index contributed by atoms with van der Waals surface area (Å²) in [6.07, 6.45) is -2.89. The van der Waals surface area contributed by atoms with E-state index in [0.717, 1.165) is 28.6 Å². The minimum Gasteiger partial charge on any atom is -0.383 e. The molecule has 10 heteroatoms. The molecule has 0 saturated carbocycles. The number of halogens is 3. The molecule has 7 nitrogen and oxygen atoms in total. The van der Waals surface area contributed by atoms with Crippen molar-refractivity contribution in [3.63, 3.8) is 0 Å². The molecule has 0 bridgehead atoms. The molecule has 3 aromatic rings. The molecule has 1 saturated heterocycles. The molecule has 1 amide bonds. The monoisotopic (exact) mass is 443 g/mol. The smallest absolute Gasteiger partial charge is 0.383 e. The molecule has 2 aliphatic rings. The van der Waals surface area contributed by atoms with E-state index in [1.807, 2.05) is 0 Å². The number of nitrogens with two attached hydrogens (primary N) is 1. The van der Waals surface area contributed by atoms with Gasteiger partial charge in [-0.1, -0.05) is 12.1 Å². The van der Waals surface area contributed by atoms with Gasteiger partial charge in [-0.2, -0.15) is 13.2 Å². The number of fused-ring (bicyclic) bond motifs is 3. The maximum Gasteiger partial charge on any atom is 0.416 e. The highest BCUT2D eigenvalue weighted by molar-refractivity contribution is 5.97. The molecule has 2 aromatic heterocycles. The number of ether oxygens (including phenoxy) is 1. The number of nitrogen functional groups attached to an aromatic ring is 1. The van der Waals surface area contributed by atoms with E-state index in [2.05, 4.69) is 15.3 Å². The molecule has 32 heavy (non-hydrogen) atoms. The molecule has 4 heterocycles. The van der Waals surface area contributed by atoms with E-state index in [1.54, 1.807) is 11.0 Å². The van der Waals surface area contributed by atoms with Crippen molar-refractivity contribution in [3.8, 4) is 0 Å². The van der Waals surface area contributed by atoms with Crippen LogP contribution in [0.4, 0.5) is 19.0 Å². The van der Waals surface area contributed by atoms with E-state index >= 15 is 0 Å². The van der Waals surface area contributed by atoms with E-state index in [1.165, 1.54) is 18.3 Å². The molecule has 1 atom stereocenters. The number of carbonyl (C=O) groups is 1. The molecule has 0 unspecified atom stereocenters. The van der Waals surface area contributed by atoms with Crippen LogP contribution in [0.25, 0.3) is 10.9 Å². The number of hydrogen-bond acceptors (Lipinski definition) is 6. The highest BCUT2D eigenvalue weighted by Crippen LogP contribution is 2.33. The second-order valence-corrected chi connectivity index (χ2v) is 7.87. The Labute approximate surface area is 181 Å². The zero-order valence-corrected chi connectivity index (χ0v) is 16.9. The van der Waals surface area contributed by atoms with Crippen LogP contribution in [-0.2, 0) is 24.1 Å². The fourth-order valence-electron chi connectivity index (χ4n) is 4.28. The molecular weight excluding hydrogens is 423 g/mol. The summed E-state index contributed by atoms with van der Waals surface area (Å²) in [4.78, 5) is 23.7. The minimum atomic E-state index is -4.41. The van der Waals surface area contributed by atoms with Gasteiger partial charge in [0, 0.05) is 30.6 Å². The Hall–Kier alpha value is -3.24. The molecule has 1 aromatic carbocycles. The highest BCUT2D eigenvalue weighted by Gasteiger charge is 2.33. The molecule has 5 rings (SSSR count). The van der Waals surface area contributed by atoms with E-state index < -0.39 is 17.8 Å². The number of nitrogens with zero attached hydrogens (tertiary/aromatic N) is 3. The quantitative estimate of drug-likeness (QED) is 0.633. The molecule has 0 aliphatic carbocycles. The van der Waals surface area contributed by atoms with Crippen LogP contribution in [-0.4, -0.2) is 40.4 Å². The number of amides is 1. The number of carbonyl (C=O) groups excluding carboxylic acids is 1. The lowest BCUT2D eigenvalue weighted by Gasteiger charge is -2.36. The van der Waals surface area contributed by atoms with Crippen LogP contribution >= 0.6 is 0 Å². The lowest BCUT2D eigenvalue weighted by atomic mass is 10.0.